The Balaban J connectivity index is 3.00. The van der Waals surface area contributed by atoms with Crippen molar-refractivity contribution >= 4 is 11.8 Å². The number of thioether (sulfide) groups is 1. The lowest BCUT2D eigenvalue weighted by Gasteiger charge is -2.22. The summed E-state index contributed by atoms with van der Waals surface area (Å²) in [6, 6.07) is 5.60. The summed E-state index contributed by atoms with van der Waals surface area (Å²) in [5.74, 6) is 1.56. The topological polar surface area (TPSA) is 12.0 Å². The summed E-state index contributed by atoms with van der Waals surface area (Å²) < 4.78 is 39.1. The number of hydrogen-bond donors (Lipinski definition) is 1. The van der Waals surface area contributed by atoms with Gasteiger partial charge in [0.1, 0.15) is 0 Å². The molecule has 1 aromatic rings. The van der Waals surface area contributed by atoms with Gasteiger partial charge in [0.05, 0.1) is 5.56 Å². The van der Waals surface area contributed by atoms with Crippen LogP contribution in [-0.2, 0) is 6.18 Å². The minimum atomic E-state index is -4.29. The molecule has 19 heavy (non-hydrogen) atoms. The summed E-state index contributed by atoms with van der Waals surface area (Å²) in [4.78, 5) is 0. The maximum atomic E-state index is 13.0. The highest BCUT2D eigenvalue weighted by Crippen LogP contribution is 2.35. The van der Waals surface area contributed by atoms with Gasteiger partial charge in [-0.25, -0.2) is 0 Å². The van der Waals surface area contributed by atoms with E-state index in [4.69, 9.17) is 0 Å². The van der Waals surface area contributed by atoms with Crippen LogP contribution in [0.15, 0.2) is 24.3 Å². The molecule has 0 saturated heterocycles. The van der Waals surface area contributed by atoms with Crippen molar-refractivity contribution in [2.75, 3.05) is 18.1 Å². The van der Waals surface area contributed by atoms with Gasteiger partial charge in [-0.1, -0.05) is 32.0 Å². The third-order valence-electron chi connectivity index (χ3n) is 2.77. The maximum absolute atomic E-state index is 13.0. The molecule has 0 aliphatic rings. The molecular weight excluding hydrogens is 271 g/mol. The number of benzene rings is 1. The summed E-state index contributed by atoms with van der Waals surface area (Å²) in [7, 11) is 0. The normalized spacial score (nSPS) is 13.5. The Bertz CT molecular complexity index is 371. The van der Waals surface area contributed by atoms with E-state index >= 15 is 0 Å². The highest BCUT2D eigenvalue weighted by molar-refractivity contribution is 7.99. The number of alkyl halides is 3. The number of hydrogen-bond acceptors (Lipinski definition) is 2. The molecule has 0 bridgehead atoms. The molecule has 1 aromatic carbocycles. The zero-order valence-corrected chi connectivity index (χ0v) is 12.1. The van der Waals surface area contributed by atoms with Crippen LogP contribution in [0, 0.1) is 0 Å². The first-order chi connectivity index (χ1) is 9.00. The Morgan fingerprint density at radius 2 is 1.89 bits per heavy atom. The van der Waals surface area contributed by atoms with Gasteiger partial charge in [-0.05, 0) is 30.3 Å². The van der Waals surface area contributed by atoms with Gasteiger partial charge in [0.2, 0.25) is 0 Å². The molecule has 1 unspecified atom stereocenters. The SMILES string of the molecule is CCCNC(CSCC)c1ccccc1C(F)(F)F. The van der Waals surface area contributed by atoms with Crippen LogP contribution in [0.25, 0.3) is 0 Å². The second kappa shape index (κ2) is 7.80. The molecule has 1 atom stereocenters. The smallest absolute Gasteiger partial charge is 0.309 e. The van der Waals surface area contributed by atoms with Crippen LogP contribution in [0.3, 0.4) is 0 Å². The van der Waals surface area contributed by atoms with Crippen molar-refractivity contribution in [2.45, 2.75) is 32.5 Å². The van der Waals surface area contributed by atoms with E-state index in [1.54, 1.807) is 23.9 Å². The van der Waals surface area contributed by atoms with Crippen molar-refractivity contribution in [2.24, 2.45) is 0 Å². The molecule has 0 amide bonds. The second-order valence-corrected chi connectivity index (χ2v) is 5.57. The molecule has 0 spiro atoms. The quantitative estimate of drug-likeness (QED) is 0.794. The van der Waals surface area contributed by atoms with E-state index in [9.17, 15) is 13.2 Å². The highest BCUT2D eigenvalue weighted by Gasteiger charge is 2.34. The predicted molar refractivity (Wildman–Crippen MR) is 75.5 cm³/mol. The van der Waals surface area contributed by atoms with E-state index in [1.165, 1.54) is 6.07 Å². The van der Waals surface area contributed by atoms with Crippen molar-refractivity contribution < 1.29 is 13.2 Å². The van der Waals surface area contributed by atoms with Gasteiger partial charge < -0.3 is 5.32 Å². The summed E-state index contributed by atoms with van der Waals surface area (Å²) in [6.45, 7) is 4.74. The van der Waals surface area contributed by atoms with Gasteiger partial charge >= 0.3 is 6.18 Å². The first kappa shape index (κ1) is 16.4. The van der Waals surface area contributed by atoms with Crippen LogP contribution in [0.2, 0.25) is 0 Å². The van der Waals surface area contributed by atoms with E-state index in [1.807, 2.05) is 13.8 Å². The van der Waals surface area contributed by atoms with E-state index in [-0.39, 0.29) is 6.04 Å². The van der Waals surface area contributed by atoms with Crippen molar-refractivity contribution in [1.29, 1.82) is 0 Å². The minimum absolute atomic E-state index is 0.247. The highest BCUT2D eigenvalue weighted by atomic mass is 32.2. The van der Waals surface area contributed by atoms with Crippen LogP contribution in [0.4, 0.5) is 13.2 Å². The van der Waals surface area contributed by atoms with E-state index in [0.29, 0.717) is 11.3 Å². The van der Waals surface area contributed by atoms with Gasteiger partial charge in [-0.15, -0.1) is 0 Å². The molecule has 0 aliphatic carbocycles. The van der Waals surface area contributed by atoms with Crippen molar-refractivity contribution in [3.8, 4) is 0 Å². The third kappa shape index (κ3) is 5.07. The van der Waals surface area contributed by atoms with Gasteiger partial charge in [0.25, 0.3) is 0 Å². The van der Waals surface area contributed by atoms with Gasteiger partial charge in [-0.2, -0.15) is 24.9 Å². The van der Waals surface area contributed by atoms with Crippen LogP contribution in [-0.4, -0.2) is 18.1 Å². The summed E-state index contributed by atoms with van der Waals surface area (Å²) in [6.07, 6.45) is -3.39. The van der Waals surface area contributed by atoms with Crippen molar-refractivity contribution in [3.05, 3.63) is 35.4 Å². The average Bonchev–Trinajstić information content (AvgIpc) is 2.38. The second-order valence-electron chi connectivity index (χ2n) is 4.25. The molecule has 0 saturated carbocycles. The zero-order chi connectivity index (χ0) is 14.3. The molecule has 0 aromatic heterocycles. The Hall–Kier alpha value is -0.680. The van der Waals surface area contributed by atoms with Gasteiger partial charge in [0, 0.05) is 11.8 Å². The van der Waals surface area contributed by atoms with E-state index < -0.39 is 11.7 Å². The molecule has 5 heteroatoms. The monoisotopic (exact) mass is 291 g/mol. The van der Waals surface area contributed by atoms with Gasteiger partial charge in [0.15, 0.2) is 0 Å². The predicted octanol–water partition coefficient (Wildman–Crippen LogP) is 4.50. The average molecular weight is 291 g/mol. The van der Waals surface area contributed by atoms with Crippen molar-refractivity contribution in [3.63, 3.8) is 0 Å². The minimum Gasteiger partial charge on any atom is -0.309 e. The summed E-state index contributed by atoms with van der Waals surface area (Å²) in [5.41, 5.74) is -0.176. The number of nitrogens with one attached hydrogen (secondary N) is 1. The van der Waals surface area contributed by atoms with E-state index in [0.717, 1.165) is 24.8 Å². The molecule has 108 valence electrons. The first-order valence-corrected chi connectivity index (χ1v) is 7.63. The molecule has 1 N–H and O–H groups in total. The molecule has 0 radical (unpaired) electrons. The molecular formula is C14H20F3NS. The molecule has 0 fully saturated rings. The largest absolute Gasteiger partial charge is 0.416 e. The van der Waals surface area contributed by atoms with Crippen LogP contribution < -0.4 is 5.32 Å². The number of halogens is 3. The zero-order valence-electron chi connectivity index (χ0n) is 11.3. The fourth-order valence-electron chi connectivity index (χ4n) is 1.87. The number of rotatable bonds is 7. The Morgan fingerprint density at radius 3 is 2.47 bits per heavy atom. The lowest BCUT2D eigenvalue weighted by molar-refractivity contribution is -0.138. The van der Waals surface area contributed by atoms with Crippen LogP contribution in [0.1, 0.15) is 37.4 Å². The lowest BCUT2D eigenvalue weighted by Crippen LogP contribution is -2.26. The molecule has 0 heterocycles. The molecule has 1 nitrogen and oxygen atoms in total. The molecule has 0 aliphatic heterocycles. The van der Waals surface area contributed by atoms with Crippen LogP contribution >= 0.6 is 11.8 Å². The third-order valence-corrected chi connectivity index (χ3v) is 3.75. The standard InChI is InChI=1S/C14H20F3NS/c1-3-9-18-13(10-19-4-2)11-7-5-6-8-12(11)14(15,16)17/h5-8,13,18H,3-4,9-10H2,1-2H3. The summed E-state index contributed by atoms with van der Waals surface area (Å²) >= 11 is 1.65. The molecule has 1 rings (SSSR count). The van der Waals surface area contributed by atoms with Crippen LogP contribution in [0.5, 0.6) is 0 Å². The van der Waals surface area contributed by atoms with Crippen molar-refractivity contribution in [1.82, 2.24) is 5.32 Å². The Kier molecular flexibility index (Phi) is 6.72. The fraction of sp³-hybridized carbons (Fsp3) is 0.571. The lowest BCUT2D eigenvalue weighted by atomic mass is 10.0. The fourth-order valence-corrected chi connectivity index (χ4v) is 2.64. The Labute approximate surface area is 117 Å². The summed E-state index contributed by atoms with van der Waals surface area (Å²) in [5, 5.41) is 3.21. The maximum Gasteiger partial charge on any atom is 0.416 e. The first-order valence-electron chi connectivity index (χ1n) is 6.48. The Morgan fingerprint density at radius 1 is 1.21 bits per heavy atom. The van der Waals surface area contributed by atoms with Gasteiger partial charge in [-0.3, -0.25) is 0 Å². The van der Waals surface area contributed by atoms with E-state index in [2.05, 4.69) is 5.32 Å².